The van der Waals surface area contributed by atoms with E-state index in [1.807, 2.05) is 42.1 Å². The fourth-order valence-electron chi connectivity index (χ4n) is 3.53. The van der Waals surface area contributed by atoms with Gasteiger partial charge in [-0.3, -0.25) is 4.79 Å². The fourth-order valence-corrected chi connectivity index (χ4v) is 3.53. The standard InChI is InChI=1S/C18H27N3O3/c1-20(2)10-6-17(22)21-13-18(14-21)15(8-12-24-18)7-11-23-16-5-3-4-9-19-16/h3-5,9,15H,6-8,10-14H2,1-2H3/t15-/m0/s1. The van der Waals surface area contributed by atoms with Crippen molar-refractivity contribution in [1.82, 2.24) is 14.8 Å². The first-order valence-electron chi connectivity index (χ1n) is 8.69. The quantitative estimate of drug-likeness (QED) is 0.755. The van der Waals surface area contributed by atoms with Gasteiger partial charge in [-0.25, -0.2) is 4.98 Å². The third-order valence-electron chi connectivity index (χ3n) is 5.00. The minimum absolute atomic E-state index is 0.138. The summed E-state index contributed by atoms with van der Waals surface area (Å²) in [5.74, 6) is 1.35. The van der Waals surface area contributed by atoms with Crippen molar-refractivity contribution in [1.29, 1.82) is 0 Å². The molecular weight excluding hydrogens is 306 g/mol. The Morgan fingerprint density at radius 2 is 2.29 bits per heavy atom. The van der Waals surface area contributed by atoms with Crippen LogP contribution in [0.3, 0.4) is 0 Å². The number of rotatable bonds is 7. The predicted octanol–water partition coefficient (Wildman–Crippen LogP) is 1.42. The number of hydrogen-bond acceptors (Lipinski definition) is 5. The molecule has 24 heavy (non-hydrogen) atoms. The highest BCUT2D eigenvalue weighted by atomic mass is 16.5. The van der Waals surface area contributed by atoms with Crippen LogP contribution in [0.4, 0.5) is 0 Å². The van der Waals surface area contributed by atoms with E-state index >= 15 is 0 Å². The Morgan fingerprint density at radius 3 is 3.00 bits per heavy atom. The molecule has 0 aliphatic carbocycles. The summed E-state index contributed by atoms with van der Waals surface area (Å²) in [6, 6.07) is 5.67. The SMILES string of the molecule is CN(C)CCC(=O)N1CC2(C1)OCC[C@@H]2CCOc1ccccn1. The topological polar surface area (TPSA) is 54.9 Å². The van der Waals surface area contributed by atoms with E-state index in [1.54, 1.807) is 6.20 Å². The minimum atomic E-state index is -0.138. The molecule has 0 bridgehead atoms. The van der Waals surface area contributed by atoms with Crippen LogP contribution in [-0.2, 0) is 9.53 Å². The number of carbonyl (C=O) groups excluding carboxylic acids is 1. The van der Waals surface area contributed by atoms with E-state index < -0.39 is 0 Å². The molecule has 3 rings (SSSR count). The van der Waals surface area contributed by atoms with E-state index in [0.29, 0.717) is 24.8 Å². The predicted molar refractivity (Wildman–Crippen MR) is 90.9 cm³/mol. The van der Waals surface area contributed by atoms with E-state index in [1.165, 1.54) is 0 Å². The van der Waals surface area contributed by atoms with Crippen LogP contribution in [0.25, 0.3) is 0 Å². The second-order valence-electron chi connectivity index (χ2n) is 7.01. The first kappa shape index (κ1) is 17.2. The second-order valence-corrected chi connectivity index (χ2v) is 7.01. The van der Waals surface area contributed by atoms with Crippen LogP contribution in [0.1, 0.15) is 19.3 Å². The maximum Gasteiger partial charge on any atom is 0.224 e. The van der Waals surface area contributed by atoms with Gasteiger partial charge in [-0.05, 0) is 38.9 Å². The third kappa shape index (κ3) is 3.87. The van der Waals surface area contributed by atoms with Gasteiger partial charge in [0.1, 0.15) is 5.60 Å². The summed E-state index contributed by atoms with van der Waals surface area (Å²) in [5, 5.41) is 0. The Morgan fingerprint density at radius 1 is 1.46 bits per heavy atom. The van der Waals surface area contributed by atoms with Crippen LogP contribution >= 0.6 is 0 Å². The smallest absolute Gasteiger partial charge is 0.224 e. The van der Waals surface area contributed by atoms with Crippen molar-refractivity contribution < 1.29 is 14.3 Å². The van der Waals surface area contributed by atoms with Gasteiger partial charge >= 0.3 is 0 Å². The lowest BCUT2D eigenvalue weighted by Crippen LogP contribution is -2.66. The lowest BCUT2D eigenvalue weighted by Gasteiger charge is -2.50. The number of aromatic nitrogens is 1. The van der Waals surface area contributed by atoms with E-state index in [2.05, 4.69) is 4.98 Å². The van der Waals surface area contributed by atoms with Gasteiger partial charge < -0.3 is 19.3 Å². The lowest BCUT2D eigenvalue weighted by molar-refractivity contribution is -0.166. The highest BCUT2D eigenvalue weighted by Gasteiger charge is 2.53. The number of likely N-dealkylation sites (tertiary alicyclic amines) is 1. The van der Waals surface area contributed by atoms with Crippen molar-refractivity contribution in [2.75, 3.05) is 46.9 Å². The van der Waals surface area contributed by atoms with Crippen LogP contribution in [0, 0.1) is 5.92 Å². The van der Waals surface area contributed by atoms with Crippen LogP contribution in [-0.4, -0.2) is 73.2 Å². The fraction of sp³-hybridized carbons (Fsp3) is 0.667. The number of nitrogens with zero attached hydrogens (tertiary/aromatic N) is 3. The monoisotopic (exact) mass is 333 g/mol. The molecule has 1 aromatic heterocycles. The number of hydrogen-bond donors (Lipinski definition) is 0. The van der Waals surface area contributed by atoms with E-state index in [0.717, 1.165) is 39.1 Å². The zero-order valence-corrected chi connectivity index (χ0v) is 14.6. The lowest BCUT2D eigenvalue weighted by atomic mass is 9.79. The molecule has 1 aromatic rings. The molecule has 132 valence electrons. The molecule has 6 nitrogen and oxygen atoms in total. The van der Waals surface area contributed by atoms with Crippen LogP contribution in [0.5, 0.6) is 5.88 Å². The van der Waals surface area contributed by atoms with Gasteiger partial charge in [0.25, 0.3) is 0 Å². The van der Waals surface area contributed by atoms with Crippen molar-refractivity contribution >= 4 is 5.91 Å². The molecule has 2 aliphatic heterocycles. The molecule has 0 N–H and O–H groups in total. The van der Waals surface area contributed by atoms with Crippen molar-refractivity contribution in [3.05, 3.63) is 24.4 Å². The number of amides is 1. The summed E-state index contributed by atoms with van der Waals surface area (Å²) in [7, 11) is 3.98. The van der Waals surface area contributed by atoms with Gasteiger partial charge in [0.2, 0.25) is 11.8 Å². The molecule has 3 heterocycles. The van der Waals surface area contributed by atoms with E-state index in [9.17, 15) is 4.79 Å². The maximum absolute atomic E-state index is 12.2. The summed E-state index contributed by atoms with van der Waals surface area (Å²) < 4.78 is 11.7. The second kappa shape index (κ2) is 7.49. The molecule has 2 saturated heterocycles. The van der Waals surface area contributed by atoms with Gasteiger partial charge in [0.05, 0.1) is 19.7 Å². The Labute approximate surface area is 143 Å². The first-order valence-corrected chi connectivity index (χ1v) is 8.69. The van der Waals surface area contributed by atoms with Gasteiger partial charge in [0, 0.05) is 31.8 Å². The molecule has 2 fully saturated rings. The third-order valence-corrected chi connectivity index (χ3v) is 5.00. The molecule has 1 amide bonds. The summed E-state index contributed by atoms with van der Waals surface area (Å²) in [6.45, 7) is 3.68. The molecule has 1 spiro atoms. The normalized spacial score (nSPS) is 22.0. The highest BCUT2D eigenvalue weighted by molar-refractivity contribution is 5.77. The van der Waals surface area contributed by atoms with Crippen molar-refractivity contribution in [2.45, 2.75) is 24.9 Å². The van der Waals surface area contributed by atoms with Crippen molar-refractivity contribution in [2.24, 2.45) is 5.92 Å². The van der Waals surface area contributed by atoms with E-state index in [-0.39, 0.29) is 11.5 Å². The molecule has 6 heteroatoms. The Balaban J connectivity index is 1.44. The maximum atomic E-state index is 12.2. The zero-order chi connectivity index (χ0) is 17.0. The van der Waals surface area contributed by atoms with Gasteiger partial charge in [-0.15, -0.1) is 0 Å². The summed E-state index contributed by atoms with van der Waals surface area (Å²) in [5.41, 5.74) is -0.138. The molecule has 0 aromatic carbocycles. The van der Waals surface area contributed by atoms with Crippen LogP contribution in [0.15, 0.2) is 24.4 Å². The molecule has 2 aliphatic rings. The number of pyridine rings is 1. The van der Waals surface area contributed by atoms with Gasteiger partial charge in [-0.1, -0.05) is 6.07 Å². The summed E-state index contributed by atoms with van der Waals surface area (Å²) >= 11 is 0. The average Bonchev–Trinajstić information content (AvgIpc) is 2.96. The highest BCUT2D eigenvalue weighted by Crippen LogP contribution is 2.41. The van der Waals surface area contributed by atoms with Gasteiger partial charge in [0.15, 0.2) is 0 Å². The van der Waals surface area contributed by atoms with E-state index in [4.69, 9.17) is 9.47 Å². The Kier molecular flexibility index (Phi) is 5.36. The molecular formula is C18H27N3O3. The van der Waals surface area contributed by atoms with Crippen LogP contribution < -0.4 is 4.74 Å². The van der Waals surface area contributed by atoms with Crippen LogP contribution in [0.2, 0.25) is 0 Å². The molecule has 1 atom stereocenters. The minimum Gasteiger partial charge on any atom is -0.478 e. The Bertz CT molecular complexity index is 544. The first-order chi connectivity index (χ1) is 11.6. The van der Waals surface area contributed by atoms with Gasteiger partial charge in [-0.2, -0.15) is 0 Å². The van der Waals surface area contributed by atoms with Crippen molar-refractivity contribution in [3.8, 4) is 5.88 Å². The molecule has 0 unspecified atom stereocenters. The molecule has 0 radical (unpaired) electrons. The number of ether oxygens (including phenoxy) is 2. The average molecular weight is 333 g/mol. The Hall–Kier alpha value is -1.66. The summed E-state index contributed by atoms with van der Waals surface area (Å²) in [6.07, 6.45) is 4.30. The van der Waals surface area contributed by atoms with Crippen molar-refractivity contribution in [3.63, 3.8) is 0 Å². The zero-order valence-electron chi connectivity index (χ0n) is 14.6. The summed E-state index contributed by atoms with van der Waals surface area (Å²) in [4.78, 5) is 20.3. The number of carbonyl (C=O) groups is 1. The molecule has 0 saturated carbocycles. The largest absolute Gasteiger partial charge is 0.478 e.